The van der Waals surface area contributed by atoms with Crippen LogP contribution in [-0.4, -0.2) is 17.2 Å². The minimum atomic E-state index is -0.541. The fourth-order valence-electron chi connectivity index (χ4n) is 0.679. The quantitative estimate of drug-likeness (QED) is 0.520. The molecule has 1 heterocycles. The third-order valence-corrected chi connectivity index (χ3v) is 1.27. The molecule has 0 bridgehead atoms. The maximum Gasteiger partial charge on any atom is 0.653 e. The van der Waals surface area contributed by atoms with Crippen molar-refractivity contribution in [3.05, 3.63) is 24.5 Å². The second-order valence-corrected chi connectivity index (χ2v) is 2.14. The molecule has 1 aromatic rings. The van der Waals surface area contributed by atoms with Crippen molar-refractivity contribution in [3.8, 4) is 5.75 Å². The maximum atomic E-state index is 9.00. The van der Waals surface area contributed by atoms with Crippen molar-refractivity contribution in [3.63, 3.8) is 0 Å². The van der Waals surface area contributed by atoms with Crippen LogP contribution in [0.5, 0.6) is 5.75 Å². The Bertz CT molecular complexity index is 209. The van der Waals surface area contributed by atoms with Crippen molar-refractivity contribution in [2.24, 2.45) is 0 Å². The first-order valence-electron chi connectivity index (χ1n) is 3.08. The van der Waals surface area contributed by atoms with Crippen LogP contribution in [-0.2, 0) is 0 Å². The number of nitrogens with zero attached hydrogens (tertiary/aromatic N) is 1. The molecule has 0 atom stereocenters. The first-order valence-corrected chi connectivity index (χ1v) is 3.08. The summed E-state index contributed by atoms with van der Waals surface area (Å²) in [5.74, 6) is 0.205. The third kappa shape index (κ3) is 1.48. The van der Waals surface area contributed by atoms with Crippen molar-refractivity contribution < 1.29 is 14.6 Å². The lowest BCUT2D eigenvalue weighted by Gasteiger charge is -1.92. The number of rotatable bonds is 1. The van der Waals surface area contributed by atoms with Gasteiger partial charge in [0.05, 0.1) is 0 Å². The summed E-state index contributed by atoms with van der Waals surface area (Å²) in [7, 11) is -0.541. The highest BCUT2D eigenvalue weighted by molar-refractivity contribution is 6.38. The molecule has 2 N–H and O–H groups in total. The molecule has 0 spiro atoms. The molecular formula is C6H9BNO2+. The lowest BCUT2D eigenvalue weighted by molar-refractivity contribution is -0.549. The Morgan fingerprint density at radius 1 is 1.40 bits per heavy atom. The molecule has 0 unspecified atom stereocenters. The molecule has 52 valence electrons. The maximum absolute atomic E-state index is 9.00. The first-order chi connectivity index (χ1) is 4.70. The molecule has 0 aromatic carbocycles. The van der Waals surface area contributed by atoms with Gasteiger partial charge in [-0.25, -0.2) is 0 Å². The molecule has 0 aliphatic heterocycles. The summed E-state index contributed by atoms with van der Waals surface area (Å²) in [4.78, 5) is 0. The van der Waals surface area contributed by atoms with Gasteiger partial charge in [0.1, 0.15) is 18.1 Å². The van der Waals surface area contributed by atoms with Crippen molar-refractivity contribution in [1.29, 1.82) is 0 Å². The Kier molecular flexibility index (Phi) is 1.92. The first kappa shape index (κ1) is 7.09. The van der Waals surface area contributed by atoms with Gasteiger partial charge in [-0.15, -0.1) is 0 Å². The molecule has 10 heavy (non-hydrogen) atoms. The molecule has 0 saturated heterocycles. The van der Waals surface area contributed by atoms with E-state index in [2.05, 4.69) is 0 Å². The Morgan fingerprint density at radius 2 is 1.90 bits per heavy atom. The molecule has 1 aromatic heterocycles. The van der Waals surface area contributed by atoms with Gasteiger partial charge in [-0.3, -0.25) is 4.48 Å². The zero-order valence-electron chi connectivity index (χ0n) is 5.73. The van der Waals surface area contributed by atoms with Gasteiger partial charge >= 0.3 is 7.05 Å². The third-order valence-electron chi connectivity index (χ3n) is 1.27. The fourth-order valence-corrected chi connectivity index (χ4v) is 0.679. The van der Waals surface area contributed by atoms with E-state index in [9.17, 15) is 0 Å². The number of aromatic nitrogens is 1. The Balaban J connectivity index is 2.89. The number of aromatic hydroxyl groups is 1. The zero-order chi connectivity index (χ0) is 7.56. The van der Waals surface area contributed by atoms with Gasteiger partial charge in [-0.2, -0.15) is 0 Å². The molecule has 1 rings (SSSR count). The van der Waals surface area contributed by atoms with Gasteiger partial charge in [0.25, 0.3) is 0 Å². The van der Waals surface area contributed by atoms with Crippen LogP contribution in [0.25, 0.3) is 0 Å². The van der Waals surface area contributed by atoms with Crippen LogP contribution in [0.15, 0.2) is 24.5 Å². The van der Waals surface area contributed by atoms with Crippen LogP contribution in [0, 0.1) is 0 Å². The van der Waals surface area contributed by atoms with E-state index in [1.54, 1.807) is 23.7 Å². The molecule has 0 amide bonds. The van der Waals surface area contributed by atoms with Crippen LogP contribution in [0.1, 0.15) is 0 Å². The van der Waals surface area contributed by atoms with Crippen molar-refractivity contribution in [2.75, 3.05) is 0 Å². The summed E-state index contributed by atoms with van der Waals surface area (Å²) in [6.07, 6.45) is 3.22. The molecule has 0 fully saturated rings. The predicted molar refractivity (Wildman–Crippen MR) is 37.5 cm³/mol. The fraction of sp³-hybridized carbons (Fsp3) is 0.167. The standard InChI is InChI=1S/C6H8BNO2/c1-7(10)8-4-2-6(9)3-5-8/h2-5,10H,1H3/p+1. The molecule has 0 radical (unpaired) electrons. The Morgan fingerprint density at radius 3 is 2.30 bits per heavy atom. The second kappa shape index (κ2) is 2.71. The van der Waals surface area contributed by atoms with E-state index < -0.39 is 7.05 Å². The predicted octanol–water partition coefficient (Wildman–Crippen LogP) is -0.362. The van der Waals surface area contributed by atoms with Crippen LogP contribution < -0.4 is 4.48 Å². The lowest BCUT2D eigenvalue weighted by Crippen LogP contribution is -2.48. The summed E-state index contributed by atoms with van der Waals surface area (Å²) in [5.41, 5.74) is 0. The summed E-state index contributed by atoms with van der Waals surface area (Å²) < 4.78 is 1.58. The summed E-state index contributed by atoms with van der Waals surface area (Å²) in [6.45, 7) is 1.65. The van der Waals surface area contributed by atoms with Crippen molar-refractivity contribution >= 4 is 7.05 Å². The molecular weight excluding hydrogens is 129 g/mol. The molecule has 4 heteroatoms. The van der Waals surface area contributed by atoms with E-state index >= 15 is 0 Å². The highest BCUT2D eigenvalue weighted by Gasteiger charge is 2.17. The average molecular weight is 138 g/mol. The monoisotopic (exact) mass is 138 g/mol. The lowest BCUT2D eigenvalue weighted by atomic mass is 9.88. The average Bonchev–Trinajstić information content (AvgIpc) is 1.88. The number of hydrogen-bond acceptors (Lipinski definition) is 2. The van der Waals surface area contributed by atoms with E-state index in [0.717, 1.165) is 0 Å². The Labute approximate surface area is 59.7 Å². The van der Waals surface area contributed by atoms with E-state index in [1.807, 2.05) is 0 Å². The van der Waals surface area contributed by atoms with E-state index in [4.69, 9.17) is 10.1 Å². The summed E-state index contributed by atoms with van der Waals surface area (Å²) in [5, 5.41) is 17.8. The van der Waals surface area contributed by atoms with Gasteiger partial charge in [-0.1, -0.05) is 0 Å². The highest BCUT2D eigenvalue weighted by atomic mass is 16.3. The molecule has 0 aliphatic rings. The summed E-state index contributed by atoms with van der Waals surface area (Å²) in [6, 6.07) is 3.04. The zero-order valence-corrected chi connectivity index (χ0v) is 5.73. The minimum Gasteiger partial charge on any atom is -0.507 e. The van der Waals surface area contributed by atoms with Gasteiger partial charge in [0.15, 0.2) is 0 Å². The van der Waals surface area contributed by atoms with Crippen molar-refractivity contribution in [2.45, 2.75) is 6.82 Å². The second-order valence-electron chi connectivity index (χ2n) is 2.14. The SMILES string of the molecule is CB(O)[n+]1ccc(O)cc1. The van der Waals surface area contributed by atoms with Gasteiger partial charge in [0, 0.05) is 19.0 Å². The summed E-state index contributed by atoms with van der Waals surface area (Å²) >= 11 is 0. The largest absolute Gasteiger partial charge is 0.653 e. The van der Waals surface area contributed by atoms with E-state index in [0.29, 0.717) is 0 Å². The van der Waals surface area contributed by atoms with Gasteiger partial charge in [0.2, 0.25) is 0 Å². The number of pyridine rings is 1. The van der Waals surface area contributed by atoms with Crippen molar-refractivity contribution in [1.82, 2.24) is 0 Å². The van der Waals surface area contributed by atoms with Crippen LogP contribution in [0.4, 0.5) is 0 Å². The van der Waals surface area contributed by atoms with Crippen LogP contribution in [0.2, 0.25) is 6.82 Å². The van der Waals surface area contributed by atoms with Gasteiger partial charge < -0.3 is 10.1 Å². The molecule has 0 aliphatic carbocycles. The van der Waals surface area contributed by atoms with Gasteiger partial charge in [-0.05, 0) is 0 Å². The smallest absolute Gasteiger partial charge is 0.507 e. The van der Waals surface area contributed by atoms with E-state index in [1.165, 1.54) is 12.1 Å². The van der Waals surface area contributed by atoms with Crippen LogP contribution >= 0.6 is 0 Å². The highest BCUT2D eigenvalue weighted by Crippen LogP contribution is 2.00. The topological polar surface area (TPSA) is 44.3 Å². The minimum absolute atomic E-state index is 0.205. The molecule has 3 nitrogen and oxygen atoms in total. The van der Waals surface area contributed by atoms with Crippen LogP contribution in [0.3, 0.4) is 0 Å². The normalized spacial score (nSPS) is 9.40. The number of hydrogen-bond donors (Lipinski definition) is 2. The Hall–Kier alpha value is -1.03. The molecule has 0 saturated carbocycles. The van der Waals surface area contributed by atoms with E-state index in [-0.39, 0.29) is 5.75 Å².